The lowest BCUT2D eigenvalue weighted by Crippen LogP contribution is -2.42. The maximum atomic E-state index is 12.4. The Morgan fingerprint density at radius 3 is 2.32 bits per heavy atom. The number of aromatic nitrogens is 4. The Kier molecular flexibility index (Phi) is 7.49. The summed E-state index contributed by atoms with van der Waals surface area (Å²) >= 11 is 0. The second-order valence-corrected chi connectivity index (χ2v) is 5.68. The molecule has 1 amide bonds. The predicted octanol–water partition coefficient (Wildman–Crippen LogP) is 2.17. The number of aliphatic carboxylic acids is 1. The van der Waals surface area contributed by atoms with E-state index >= 15 is 0 Å². The van der Waals surface area contributed by atoms with Gasteiger partial charge in [-0.3, -0.25) is 15.2 Å². The second kappa shape index (κ2) is 10.0. The van der Waals surface area contributed by atoms with Crippen LogP contribution in [0.15, 0.2) is 55.0 Å². The third-order valence-corrected chi connectivity index (χ3v) is 3.57. The van der Waals surface area contributed by atoms with Gasteiger partial charge in [-0.2, -0.15) is 23.3 Å². The first kappa shape index (κ1) is 23.1. The smallest absolute Gasteiger partial charge is 0.490 e. The van der Waals surface area contributed by atoms with Crippen molar-refractivity contribution in [2.75, 3.05) is 11.6 Å². The van der Waals surface area contributed by atoms with E-state index in [0.717, 1.165) is 5.69 Å². The fraction of sp³-hybridized carbons (Fsp3) is 0.167. The van der Waals surface area contributed by atoms with Crippen LogP contribution in [0.2, 0.25) is 0 Å². The number of aromatic hydroxyl groups is 1. The van der Waals surface area contributed by atoms with Gasteiger partial charge >= 0.3 is 12.1 Å². The van der Waals surface area contributed by atoms with Gasteiger partial charge in [-0.1, -0.05) is 18.2 Å². The Hall–Kier alpha value is -4.16. The van der Waals surface area contributed by atoms with Crippen LogP contribution in [0.1, 0.15) is 17.3 Å². The Bertz CT molecular complexity index is 1010. The number of rotatable bonds is 5. The van der Waals surface area contributed by atoms with Crippen LogP contribution < -0.4 is 10.4 Å². The third kappa shape index (κ3) is 6.42. The summed E-state index contributed by atoms with van der Waals surface area (Å²) in [5.41, 5.74) is 3.55. The van der Waals surface area contributed by atoms with Crippen LogP contribution in [-0.4, -0.2) is 54.6 Å². The summed E-state index contributed by atoms with van der Waals surface area (Å²) < 4.78 is 33.1. The molecule has 0 aliphatic rings. The number of carboxylic acid groups (broad SMARTS) is 1. The molecule has 31 heavy (non-hydrogen) atoms. The second-order valence-electron chi connectivity index (χ2n) is 5.68. The van der Waals surface area contributed by atoms with E-state index in [9.17, 15) is 23.1 Å². The third-order valence-electron chi connectivity index (χ3n) is 3.57. The number of para-hydroxylation sites is 1. The Morgan fingerprint density at radius 1 is 1.19 bits per heavy atom. The van der Waals surface area contributed by atoms with Crippen molar-refractivity contribution in [3.63, 3.8) is 0 Å². The molecular formula is C18H17F3N6O4. The zero-order valence-corrected chi connectivity index (χ0v) is 16.0. The average Bonchev–Trinajstić information content (AvgIpc) is 3.27. The minimum atomic E-state index is -5.08. The molecular weight excluding hydrogens is 421 g/mol. The van der Waals surface area contributed by atoms with Gasteiger partial charge in [-0.25, -0.2) is 14.5 Å². The molecule has 10 nitrogen and oxygen atoms in total. The molecule has 2 aromatic heterocycles. The Labute approximate surface area is 173 Å². The highest BCUT2D eigenvalue weighted by Crippen LogP contribution is 2.16. The van der Waals surface area contributed by atoms with Crippen molar-refractivity contribution in [1.29, 1.82) is 0 Å². The largest absolute Gasteiger partial charge is 0.493 e. The molecule has 13 heteroatoms. The summed E-state index contributed by atoms with van der Waals surface area (Å²) in [7, 11) is 0. The SMILES string of the molecule is CCN(NC(=O)c1cnc(-n2cccn2)nc1O)c1ccccc1.O=C(O)C(F)(F)F. The van der Waals surface area contributed by atoms with E-state index in [4.69, 9.17) is 9.90 Å². The number of carbonyl (C=O) groups is 2. The minimum Gasteiger partial charge on any atom is -0.493 e. The molecule has 0 fully saturated rings. The van der Waals surface area contributed by atoms with Gasteiger partial charge in [0.05, 0.1) is 5.69 Å². The van der Waals surface area contributed by atoms with Gasteiger partial charge in [0, 0.05) is 25.1 Å². The number of carboxylic acids is 1. The molecule has 0 aliphatic heterocycles. The van der Waals surface area contributed by atoms with E-state index in [1.54, 1.807) is 23.5 Å². The fourth-order valence-corrected chi connectivity index (χ4v) is 2.14. The lowest BCUT2D eigenvalue weighted by atomic mass is 10.3. The molecule has 3 aromatic rings. The summed E-state index contributed by atoms with van der Waals surface area (Å²) in [5.74, 6) is -3.47. The molecule has 0 saturated carbocycles. The summed E-state index contributed by atoms with van der Waals surface area (Å²) in [5, 5.41) is 22.8. The molecule has 2 heterocycles. The molecule has 0 radical (unpaired) electrons. The number of amides is 1. The van der Waals surface area contributed by atoms with Crippen LogP contribution in [0.5, 0.6) is 5.88 Å². The van der Waals surface area contributed by atoms with E-state index in [-0.39, 0.29) is 11.5 Å². The van der Waals surface area contributed by atoms with E-state index in [1.165, 1.54) is 10.9 Å². The number of hydrogen-bond donors (Lipinski definition) is 3. The van der Waals surface area contributed by atoms with Gasteiger partial charge in [0.2, 0.25) is 5.88 Å². The summed E-state index contributed by atoms with van der Waals surface area (Å²) in [6.07, 6.45) is -0.601. The molecule has 3 rings (SSSR count). The first-order valence-corrected chi connectivity index (χ1v) is 8.63. The molecule has 0 saturated heterocycles. The van der Waals surface area contributed by atoms with Crippen molar-refractivity contribution in [3.05, 3.63) is 60.6 Å². The monoisotopic (exact) mass is 438 g/mol. The minimum absolute atomic E-state index is 0.0136. The number of nitrogens with one attached hydrogen (secondary N) is 1. The quantitative estimate of drug-likeness (QED) is 0.516. The lowest BCUT2D eigenvalue weighted by molar-refractivity contribution is -0.192. The maximum absolute atomic E-state index is 12.4. The van der Waals surface area contributed by atoms with Crippen molar-refractivity contribution < 1.29 is 33.0 Å². The van der Waals surface area contributed by atoms with Crippen LogP contribution in [0.25, 0.3) is 5.95 Å². The van der Waals surface area contributed by atoms with E-state index in [2.05, 4.69) is 20.5 Å². The van der Waals surface area contributed by atoms with Crippen LogP contribution in [0, 0.1) is 0 Å². The molecule has 0 unspecified atom stereocenters. The first-order chi connectivity index (χ1) is 14.6. The summed E-state index contributed by atoms with van der Waals surface area (Å²) in [6.45, 7) is 2.47. The van der Waals surface area contributed by atoms with Crippen molar-refractivity contribution in [3.8, 4) is 11.8 Å². The van der Waals surface area contributed by atoms with Gasteiger partial charge in [-0.15, -0.1) is 0 Å². The van der Waals surface area contributed by atoms with Crippen LogP contribution in [-0.2, 0) is 4.79 Å². The maximum Gasteiger partial charge on any atom is 0.490 e. The number of carbonyl (C=O) groups excluding carboxylic acids is 1. The van der Waals surface area contributed by atoms with Gasteiger partial charge < -0.3 is 10.2 Å². The van der Waals surface area contributed by atoms with Gasteiger partial charge in [0.25, 0.3) is 11.9 Å². The number of alkyl halides is 3. The Morgan fingerprint density at radius 2 is 1.84 bits per heavy atom. The number of nitrogens with zero attached hydrogens (tertiary/aromatic N) is 5. The van der Waals surface area contributed by atoms with Gasteiger partial charge in [-0.05, 0) is 25.1 Å². The zero-order chi connectivity index (χ0) is 23.0. The molecule has 0 atom stereocenters. The van der Waals surface area contributed by atoms with Crippen molar-refractivity contribution in [1.82, 2.24) is 25.2 Å². The standard InChI is InChI=1S/C16H16N6O2.C2HF3O2/c1-2-21(12-7-4-3-5-8-12)20-15(24)13-11-17-16(19-14(13)23)22-10-6-9-18-22;3-2(4,5)1(6)7/h3-11H,2H2,1H3,(H,20,24)(H,17,19,23);(H,6,7). The zero-order valence-electron chi connectivity index (χ0n) is 16.0. The van der Waals surface area contributed by atoms with Crippen LogP contribution in [0.4, 0.5) is 18.9 Å². The number of halogens is 3. The number of benzene rings is 1. The highest BCUT2D eigenvalue weighted by Gasteiger charge is 2.38. The molecule has 3 N–H and O–H groups in total. The molecule has 164 valence electrons. The predicted molar refractivity (Wildman–Crippen MR) is 101 cm³/mol. The first-order valence-electron chi connectivity index (χ1n) is 8.63. The van der Waals surface area contributed by atoms with Gasteiger partial charge in [0.1, 0.15) is 5.56 Å². The van der Waals surface area contributed by atoms with Crippen molar-refractivity contribution in [2.24, 2.45) is 0 Å². The summed E-state index contributed by atoms with van der Waals surface area (Å²) in [6, 6.07) is 11.1. The highest BCUT2D eigenvalue weighted by molar-refractivity contribution is 5.96. The average molecular weight is 438 g/mol. The van der Waals surface area contributed by atoms with E-state index in [1.807, 2.05) is 37.3 Å². The highest BCUT2D eigenvalue weighted by atomic mass is 19.4. The van der Waals surface area contributed by atoms with Gasteiger partial charge in [0.15, 0.2) is 0 Å². The van der Waals surface area contributed by atoms with Crippen molar-refractivity contribution >= 4 is 17.6 Å². The lowest BCUT2D eigenvalue weighted by Gasteiger charge is -2.23. The van der Waals surface area contributed by atoms with Crippen LogP contribution >= 0.6 is 0 Å². The number of anilines is 1. The topological polar surface area (TPSA) is 133 Å². The van der Waals surface area contributed by atoms with Crippen molar-refractivity contribution in [2.45, 2.75) is 13.1 Å². The van der Waals surface area contributed by atoms with E-state index in [0.29, 0.717) is 6.54 Å². The normalized spacial score (nSPS) is 10.6. The number of hydrogen-bond acceptors (Lipinski definition) is 7. The fourth-order valence-electron chi connectivity index (χ4n) is 2.14. The Balaban J connectivity index is 0.000000423. The van der Waals surface area contributed by atoms with Crippen LogP contribution in [0.3, 0.4) is 0 Å². The molecule has 1 aromatic carbocycles. The summed E-state index contributed by atoms with van der Waals surface area (Å²) in [4.78, 5) is 29.3. The molecule has 0 spiro atoms. The number of hydrazine groups is 1. The molecule has 0 bridgehead atoms. The molecule has 0 aliphatic carbocycles. The van der Waals surface area contributed by atoms with E-state index < -0.39 is 23.9 Å².